The molecule has 0 atom stereocenters. The van der Waals surface area contributed by atoms with Gasteiger partial charge in [0.1, 0.15) is 11.2 Å². The first-order valence-electron chi connectivity index (χ1n) is 18.8. The molecule has 0 saturated heterocycles. The second kappa shape index (κ2) is 13.0. The Labute approximate surface area is 322 Å². The summed E-state index contributed by atoms with van der Waals surface area (Å²) in [5.41, 5.74) is 12.1. The zero-order valence-corrected chi connectivity index (χ0v) is 30.2. The van der Waals surface area contributed by atoms with Crippen molar-refractivity contribution in [3.05, 3.63) is 194 Å². The van der Waals surface area contributed by atoms with Gasteiger partial charge in [-0.2, -0.15) is 0 Å². The average Bonchev–Trinajstić information content (AvgIpc) is 3.82. The van der Waals surface area contributed by atoms with Crippen LogP contribution < -0.4 is 0 Å². The van der Waals surface area contributed by atoms with Crippen LogP contribution in [0.5, 0.6) is 0 Å². The van der Waals surface area contributed by atoms with E-state index in [1.807, 2.05) is 66.7 Å². The molecule has 0 N–H and O–H groups in total. The van der Waals surface area contributed by atoms with E-state index in [9.17, 15) is 0 Å². The van der Waals surface area contributed by atoms with E-state index in [2.05, 4.69) is 132 Å². The number of para-hydroxylation sites is 2. The van der Waals surface area contributed by atoms with E-state index in [4.69, 9.17) is 19.4 Å². The van der Waals surface area contributed by atoms with Crippen molar-refractivity contribution in [2.45, 2.75) is 0 Å². The molecular weight excluding hydrogens is 685 g/mol. The minimum atomic E-state index is 0.606. The molecule has 0 fully saturated rings. The van der Waals surface area contributed by atoms with Gasteiger partial charge in [-0.1, -0.05) is 146 Å². The molecule has 3 heterocycles. The molecule has 0 bridgehead atoms. The molecule has 0 aliphatic carbocycles. The molecule has 0 amide bonds. The van der Waals surface area contributed by atoms with Crippen LogP contribution in [-0.2, 0) is 0 Å². The van der Waals surface area contributed by atoms with Crippen LogP contribution >= 0.6 is 0 Å². The van der Waals surface area contributed by atoms with Crippen LogP contribution in [0.3, 0.4) is 0 Å². The van der Waals surface area contributed by atoms with Gasteiger partial charge in [0.2, 0.25) is 0 Å². The van der Waals surface area contributed by atoms with E-state index in [0.717, 1.165) is 77.6 Å². The summed E-state index contributed by atoms with van der Waals surface area (Å²) in [4.78, 5) is 15.4. The molecule has 5 nitrogen and oxygen atoms in total. The first kappa shape index (κ1) is 31.9. The third-order valence-electron chi connectivity index (χ3n) is 10.7. The predicted molar refractivity (Wildman–Crippen MR) is 229 cm³/mol. The Morgan fingerprint density at radius 3 is 1.62 bits per heavy atom. The molecular formula is C51H32N4O. The highest BCUT2D eigenvalue weighted by atomic mass is 16.3. The number of fused-ring (bicyclic) bond motifs is 7. The van der Waals surface area contributed by atoms with Gasteiger partial charge in [-0.15, -0.1) is 0 Å². The Hall–Kier alpha value is -7.63. The van der Waals surface area contributed by atoms with Gasteiger partial charge in [-0.25, -0.2) is 15.0 Å². The summed E-state index contributed by atoms with van der Waals surface area (Å²) in [6, 6.07) is 67.3. The number of nitrogens with zero attached hydrogens (tertiary/aromatic N) is 4. The molecule has 262 valence electrons. The Bertz CT molecular complexity index is 3170. The third kappa shape index (κ3) is 5.29. The summed E-state index contributed by atoms with van der Waals surface area (Å²) < 4.78 is 8.98. The van der Waals surface area contributed by atoms with Crippen LogP contribution in [0.2, 0.25) is 0 Å². The highest BCUT2D eigenvalue weighted by Crippen LogP contribution is 2.43. The SMILES string of the molecule is c1ccc(-c2ccc(-c3ccc4oc5ccc6c7ccccc7n(-c7ccccc7)c6c5c4c3)c(-c3nc(-c4ccccc4)nc(-c4ccccc4)n3)c2)cc1. The fraction of sp³-hybridized carbons (Fsp3) is 0. The average molecular weight is 717 g/mol. The molecule has 56 heavy (non-hydrogen) atoms. The minimum Gasteiger partial charge on any atom is -0.456 e. The van der Waals surface area contributed by atoms with E-state index >= 15 is 0 Å². The van der Waals surface area contributed by atoms with Crippen molar-refractivity contribution in [1.82, 2.24) is 19.5 Å². The van der Waals surface area contributed by atoms with Crippen LogP contribution in [0.1, 0.15) is 0 Å². The number of hydrogen-bond acceptors (Lipinski definition) is 4. The van der Waals surface area contributed by atoms with E-state index in [0.29, 0.717) is 17.5 Å². The van der Waals surface area contributed by atoms with Gasteiger partial charge >= 0.3 is 0 Å². The fourth-order valence-electron chi connectivity index (χ4n) is 8.05. The highest BCUT2D eigenvalue weighted by Gasteiger charge is 2.21. The normalized spacial score (nSPS) is 11.6. The first-order valence-corrected chi connectivity index (χ1v) is 18.8. The Morgan fingerprint density at radius 2 is 0.929 bits per heavy atom. The molecule has 0 radical (unpaired) electrons. The standard InChI is InChI=1S/C51H32N4O/c1-5-15-33(16-6-1)36-25-27-39(42(31-36)51-53-49(34-17-7-2-8-18-34)52-50(54-51)35-19-9-3-10-20-35)37-26-29-45-43(32-37)47-46(56-45)30-28-41-40-23-13-14-24-44(40)55(48(41)47)38-21-11-4-12-22-38/h1-32H. The minimum absolute atomic E-state index is 0.606. The van der Waals surface area contributed by atoms with Crippen LogP contribution in [-0.4, -0.2) is 19.5 Å². The molecule has 5 heteroatoms. The van der Waals surface area contributed by atoms with E-state index in [1.165, 1.54) is 10.8 Å². The van der Waals surface area contributed by atoms with Gasteiger partial charge < -0.3 is 8.98 Å². The quantitative estimate of drug-likeness (QED) is 0.172. The number of hydrogen-bond donors (Lipinski definition) is 0. The van der Waals surface area contributed by atoms with Crippen LogP contribution in [0.25, 0.3) is 106 Å². The summed E-state index contributed by atoms with van der Waals surface area (Å²) in [6.45, 7) is 0. The maximum Gasteiger partial charge on any atom is 0.164 e. The first-order chi connectivity index (χ1) is 27.8. The zero-order chi connectivity index (χ0) is 37.0. The lowest BCUT2D eigenvalue weighted by Gasteiger charge is -2.14. The largest absolute Gasteiger partial charge is 0.456 e. The number of aromatic nitrogens is 4. The summed E-state index contributed by atoms with van der Waals surface area (Å²) in [5, 5.41) is 4.52. The Kier molecular flexibility index (Phi) is 7.42. The molecule has 0 aliphatic heterocycles. The van der Waals surface area contributed by atoms with Crippen molar-refractivity contribution in [1.29, 1.82) is 0 Å². The lowest BCUT2D eigenvalue weighted by atomic mass is 9.93. The summed E-state index contributed by atoms with van der Waals surface area (Å²) in [5.74, 6) is 1.85. The van der Waals surface area contributed by atoms with Gasteiger partial charge in [-0.3, -0.25) is 0 Å². The molecule has 11 rings (SSSR count). The molecule has 0 unspecified atom stereocenters. The van der Waals surface area contributed by atoms with Crippen LogP contribution in [0.4, 0.5) is 0 Å². The van der Waals surface area contributed by atoms with Gasteiger partial charge in [0, 0.05) is 38.5 Å². The smallest absolute Gasteiger partial charge is 0.164 e. The highest BCUT2D eigenvalue weighted by molar-refractivity contribution is 6.24. The lowest BCUT2D eigenvalue weighted by molar-refractivity contribution is 0.669. The number of furan rings is 1. The molecule has 8 aromatic carbocycles. The second-order valence-electron chi connectivity index (χ2n) is 14.0. The van der Waals surface area contributed by atoms with Crippen molar-refractivity contribution >= 4 is 43.7 Å². The molecule has 11 aromatic rings. The third-order valence-corrected chi connectivity index (χ3v) is 10.7. The van der Waals surface area contributed by atoms with Crippen molar-refractivity contribution in [3.8, 4) is 62.1 Å². The summed E-state index contributed by atoms with van der Waals surface area (Å²) >= 11 is 0. The van der Waals surface area contributed by atoms with Gasteiger partial charge in [0.25, 0.3) is 0 Å². The van der Waals surface area contributed by atoms with Crippen molar-refractivity contribution < 1.29 is 4.42 Å². The van der Waals surface area contributed by atoms with Gasteiger partial charge in [-0.05, 0) is 70.8 Å². The predicted octanol–water partition coefficient (Wildman–Crippen LogP) is 13.2. The van der Waals surface area contributed by atoms with Gasteiger partial charge in [0.15, 0.2) is 17.5 Å². The lowest BCUT2D eigenvalue weighted by Crippen LogP contribution is -2.01. The van der Waals surface area contributed by atoms with Crippen molar-refractivity contribution in [2.75, 3.05) is 0 Å². The maximum absolute atomic E-state index is 6.61. The van der Waals surface area contributed by atoms with E-state index in [-0.39, 0.29) is 0 Å². The van der Waals surface area contributed by atoms with Crippen LogP contribution in [0.15, 0.2) is 199 Å². The van der Waals surface area contributed by atoms with Crippen LogP contribution in [0, 0.1) is 0 Å². The summed E-state index contributed by atoms with van der Waals surface area (Å²) in [7, 11) is 0. The van der Waals surface area contributed by atoms with Crippen molar-refractivity contribution in [3.63, 3.8) is 0 Å². The van der Waals surface area contributed by atoms with E-state index in [1.54, 1.807) is 0 Å². The molecule has 3 aromatic heterocycles. The second-order valence-corrected chi connectivity index (χ2v) is 14.0. The summed E-state index contributed by atoms with van der Waals surface area (Å²) in [6.07, 6.45) is 0. The topological polar surface area (TPSA) is 56.7 Å². The Morgan fingerprint density at radius 1 is 0.357 bits per heavy atom. The molecule has 0 aliphatic rings. The van der Waals surface area contributed by atoms with Gasteiger partial charge in [0.05, 0.1) is 16.4 Å². The number of rotatable bonds is 6. The number of benzene rings is 8. The Balaban J connectivity index is 1.19. The molecule has 0 spiro atoms. The van der Waals surface area contributed by atoms with Crippen molar-refractivity contribution in [2.24, 2.45) is 0 Å². The maximum atomic E-state index is 6.61. The monoisotopic (exact) mass is 716 g/mol. The van der Waals surface area contributed by atoms with E-state index < -0.39 is 0 Å². The fourth-order valence-corrected chi connectivity index (χ4v) is 8.05. The molecule has 0 saturated carbocycles. The zero-order valence-electron chi connectivity index (χ0n) is 30.2.